The second-order valence-corrected chi connectivity index (χ2v) is 5.91. The van der Waals surface area contributed by atoms with E-state index in [0.29, 0.717) is 24.7 Å². The van der Waals surface area contributed by atoms with Crippen molar-refractivity contribution in [2.24, 2.45) is 0 Å². The first-order valence-electron chi connectivity index (χ1n) is 7.85. The number of aromatic nitrogens is 2. The Morgan fingerprint density at radius 1 is 1.33 bits per heavy atom. The summed E-state index contributed by atoms with van der Waals surface area (Å²) in [7, 11) is 0. The number of H-pyrrole nitrogens is 1. The molecule has 0 bridgehead atoms. The van der Waals surface area contributed by atoms with Crippen LogP contribution in [0, 0.1) is 0 Å². The van der Waals surface area contributed by atoms with Crippen molar-refractivity contribution >= 4 is 11.7 Å². The summed E-state index contributed by atoms with van der Waals surface area (Å²) in [6.07, 6.45) is 6.09. The van der Waals surface area contributed by atoms with Gasteiger partial charge in [-0.3, -0.25) is 9.59 Å². The lowest BCUT2D eigenvalue weighted by Gasteiger charge is -2.26. The average molecular weight is 290 g/mol. The Morgan fingerprint density at radius 2 is 2.10 bits per heavy atom. The van der Waals surface area contributed by atoms with E-state index in [4.69, 9.17) is 0 Å². The zero-order valence-corrected chi connectivity index (χ0v) is 12.2. The predicted octanol–water partition coefficient (Wildman–Crippen LogP) is 1.46. The summed E-state index contributed by atoms with van der Waals surface area (Å²) in [4.78, 5) is 32.7. The molecule has 2 aliphatic rings. The molecule has 0 spiro atoms. The number of anilines is 1. The van der Waals surface area contributed by atoms with Gasteiger partial charge in [-0.25, -0.2) is 4.98 Å². The summed E-state index contributed by atoms with van der Waals surface area (Å²) in [6.45, 7) is 2.29. The highest BCUT2D eigenvalue weighted by atomic mass is 16.2. The van der Waals surface area contributed by atoms with E-state index < -0.39 is 0 Å². The third kappa shape index (κ3) is 3.83. The number of hydrogen-bond donors (Lipinski definition) is 2. The Balaban J connectivity index is 1.50. The van der Waals surface area contributed by atoms with E-state index in [0.717, 1.165) is 44.6 Å². The number of piperidine rings is 1. The minimum Gasteiger partial charge on any atom is -0.369 e. The second-order valence-electron chi connectivity index (χ2n) is 5.91. The molecule has 0 atom stereocenters. The maximum absolute atomic E-state index is 12.0. The van der Waals surface area contributed by atoms with Gasteiger partial charge in [0.2, 0.25) is 5.91 Å². The lowest BCUT2D eigenvalue weighted by atomic mass is 10.1. The monoisotopic (exact) mass is 290 g/mol. The standard InChI is InChI=1S/C15H22N4O2/c20-13-10-12(17-15(18-13)11-4-5-11)16-7-6-14(21)19-8-2-1-3-9-19/h10-11H,1-9H2,(H2,16,17,18,20). The fourth-order valence-corrected chi connectivity index (χ4v) is 2.72. The Morgan fingerprint density at radius 3 is 2.81 bits per heavy atom. The minimum atomic E-state index is -0.128. The Kier molecular flexibility index (Phi) is 4.22. The second kappa shape index (κ2) is 6.28. The molecule has 0 radical (unpaired) electrons. The third-order valence-corrected chi connectivity index (χ3v) is 4.08. The van der Waals surface area contributed by atoms with Crippen molar-refractivity contribution in [2.45, 2.75) is 44.4 Å². The van der Waals surface area contributed by atoms with E-state index in [-0.39, 0.29) is 11.5 Å². The fourth-order valence-electron chi connectivity index (χ4n) is 2.72. The van der Waals surface area contributed by atoms with E-state index in [9.17, 15) is 9.59 Å². The summed E-state index contributed by atoms with van der Waals surface area (Å²) in [6, 6.07) is 1.46. The van der Waals surface area contributed by atoms with Crippen molar-refractivity contribution in [3.8, 4) is 0 Å². The van der Waals surface area contributed by atoms with Crippen molar-refractivity contribution in [1.82, 2.24) is 14.9 Å². The van der Waals surface area contributed by atoms with Crippen LogP contribution < -0.4 is 10.9 Å². The summed E-state index contributed by atoms with van der Waals surface area (Å²) in [5.41, 5.74) is -0.128. The Labute approximate surface area is 124 Å². The maximum atomic E-state index is 12.0. The molecule has 0 unspecified atom stereocenters. The van der Waals surface area contributed by atoms with Crippen molar-refractivity contribution < 1.29 is 4.79 Å². The molecule has 21 heavy (non-hydrogen) atoms. The molecular formula is C15H22N4O2. The van der Waals surface area contributed by atoms with Gasteiger partial charge in [0.15, 0.2) is 0 Å². The van der Waals surface area contributed by atoms with Gasteiger partial charge in [-0.05, 0) is 32.1 Å². The number of amides is 1. The van der Waals surface area contributed by atoms with Crippen LogP contribution in [0.1, 0.15) is 50.3 Å². The van der Waals surface area contributed by atoms with Gasteiger partial charge >= 0.3 is 0 Å². The van der Waals surface area contributed by atoms with E-state index in [1.54, 1.807) is 0 Å². The summed E-state index contributed by atoms with van der Waals surface area (Å²) in [5.74, 6) is 1.95. The van der Waals surface area contributed by atoms with Gasteiger partial charge in [0.05, 0.1) is 0 Å². The molecule has 2 N–H and O–H groups in total. The van der Waals surface area contributed by atoms with Crippen LogP contribution in [0.2, 0.25) is 0 Å². The molecule has 1 aromatic heterocycles. The van der Waals surface area contributed by atoms with E-state index in [2.05, 4.69) is 15.3 Å². The number of carbonyl (C=O) groups is 1. The zero-order valence-electron chi connectivity index (χ0n) is 12.2. The zero-order chi connectivity index (χ0) is 14.7. The molecule has 1 amide bonds. The van der Waals surface area contributed by atoms with Gasteiger partial charge in [-0.15, -0.1) is 0 Å². The molecule has 3 rings (SSSR count). The molecule has 2 fully saturated rings. The summed E-state index contributed by atoms with van der Waals surface area (Å²) >= 11 is 0. The number of hydrogen-bond acceptors (Lipinski definition) is 4. The Bertz CT molecular complexity index is 559. The normalized spacial score (nSPS) is 18.6. The predicted molar refractivity (Wildman–Crippen MR) is 80.4 cm³/mol. The van der Waals surface area contributed by atoms with Crippen LogP contribution in [-0.4, -0.2) is 40.4 Å². The molecule has 1 aliphatic heterocycles. The SMILES string of the molecule is O=C(CCNc1cc(=O)[nH]c(C2CC2)n1)N1CCCCC1. The molecular weight excluding hydrogens is 268 g/mol. The van der Waals surface area contributed by atoms with Crippen LogP contribution in [0.15, 0.2) is 10.9 Å². The molecule has 0 aromatic carbocycles. The molecule has 6 heteroatoms. The smallest absolute Gasteiger partial charge is 0.252 e. The van der Waals surface area contributed by atoms with Crippen LogP contribution in [0.4, 0.5) is 5.82 Å². The first kappa shape index (κ1) is 14.1. The topological polar surface area (TPSA) is 78.1 Å². The van der Waals surface area contributed by atoms with Crippen molar-refractivity contribution in [3.63, 3.8) is 0 Å². The minimum absolute atomic E-state index is 0.128. The van der Waals surface area contributed by atoms with Crippen LogP contribution >= 0.6 is 0 Å². The number of carbonyl (C=O) groups excluding carboxylic acids is 1. The van der Waals surface area contributed by atoms with Gasteiger partial charge in [0.1, 0.15) is 11.6 Å². The van der Waals surface area contributed by atoms with E-state index >= 15 is 0 Å². The van der Waals surface area contributed by atoms with Gasteiger partial charge in [-0.1, -0.05) is 0 Å². The molecule has 2 heterocycles. The van der Waals surface area contributed by atoms with E-state index in [1.807, 2.05) is 4.90 Å². The first-order chi connectivity index (χ1) is 10.2. The average Bonchev–Trinajstić information content (AvgIpc) is 3.32. The van der Waals surface area contributed by atoms with Crippen LogP contribution in [0.25, 0.3) is 0 Å². The maximum Gasteiger partial charge on any atom is 0.252 e. The molecule has 1 saturated carbocycles. The molecule has 1 saturated heterocycles. The number of nitrogens with zero attached hydrogens (tertiary/aromatic N) is 2. The van der Waals surface area contributed by atoms with Crippen molar-refractivity contribution in [3.05, 3.63) is 22.2 Å². The number of likely N-dealkylation sites (tertiary alicyclic amines) is 1. The van der Waals surface area contributed by atoms with Crippen LogP contribution in [0.5, 0.6) is 0 Å². The first-order valence-corrected chi connectivity index (χ1v) is 7.85. The van der Waals surface area contributed by atoms with Crippen LogP contribution in [-0.2, 0) is 4.79 Å². The van der Waals surface area contributed by atoms with Gasteiger partial charge in [0, 0.05) is 38.0 Å². The van der Waals surface area contributed by atoms with Crippen molar-refractivity contribution in [1.29, 1.82) is 0 Å². The van der Waals surface area contributed by atoms with Crippen molar-refractivity contribution in [2.75, 3.05) is 25.0 Å². The number of nitrogens with one attached hydrogen (secondary N) is 2. The number of rotatable bonds is 5. The van der Waals surface area contributed by atoms with E-state index in [1.165, 1.54) is 12.5 Å². The lowest BCUT2D eigenvalue weighted by molar-refractivity contribution is -0.131. The lowest BCUT2D eigenvalue weighted by Crippen LogP contribution is -2.36. The number of aromatic amines is 1. The van der Waals surface area contributed by atoms with Gasteiger partial charge in [0.25, 0.3) is 5.56 Å². The third-order valence-electron chi connectivity index (χ3n) is 4.08. The highest BCUT2D eigenvalue weighted by Crippen LogP contribution is 2.37. The summed E-state index contributed by atoms with van der Waals surface area (Å²) in [5, 5.41) is 3.10. The molecule has 1 aliphatic carbocycles. The molecule has 1 aromatic rings. The highest BCUT2D eigenvalue weighted by Gasteiger charge is 2.26. The largest absolute Gasteiger partial charge is 0.369 e. The molecule has 114 valence electrons. The highest BCUT2D eigenvalue weighted by molar-refractivity contribution is 5.76. The molecule has 6 nitrogen and oxygen atoms in total. The van der Waals surface area contributed by atoms with Gasteiger partial charge in [-0.2, -0.15) is 0 Å². The van der Waals surface area contributed by atoms with Gasteiger partial charge < -0.3 is 15.2 Å². The summed E-state index contributed by atoms with van der Waals surface area (Å²) < 4.78 is 0. The van der Waals surface area contributed by atoms with Crippen LogP contribution in [0.3, 0.4) is 0 Å². The fraction of sp³-hybridized carbons (Fsp3) is 0.667. The quantitative estimate of drug-likeness (QED) is 0.860. The Hall–Kier alpha value is -1.85.